The number of anilines is 1. The van der Waals surface area contributed by atoms with Crippen molar-refractivity contribution < 1.29 is 5.11 Å². The number of phenols is 1. The van der Waals surface area contributed by atoms with Crippen LogP contribution in [0.4, 0.5) is 5.13 Å². The average molecular weight is 219 g/mol. The van der Waals surface area contributed by atoms with Crippen molar-refractivity contribution in [3.05, 3.63) is 41.4 Å². The van der Waals surface area contributed by atoms with Crippen LogP contribution >= 0.6 is 11.3 Å². The van der Waals surface area contributed by atoms with Gasteiger partial charge in [0.15, 0.2) is 0 Å². The van der Waals surface area contributed by atoms with Gasteiger partial charge in [0.25, 0.3) is 0 Å². The summed E-state index contributed by atoms with van der Waals surface area (Å²) in [7, 11) is 0. The Labute approximate surface area is 90.9 Å². The quantitative estimate of drug-likeness (QED) is 0.615. The third-order valence-electron chi connectivity index (χ3n) is 1.73. The zero-order chi connectivity index (χ0) is 10.5. The number of nitrogens with zero attached hydrogens (tertiary/aromatic N) is 2. The number of aromatic hydroxyl groups is 1. The topological polar surface area (TPSA) is 57.5 Å². The molecule has 4 nitrogen and oxygen atoms in total. The molecule has 76 valence electrons. The van der Waals surface area contributed by atoms with E-state index >= 15 is 0 Å². The van der Waals surface area contributed by atoms with E-state index < -0.39 is 0 Å². The van der Waals surface area contributed by atoms with Crippen molar-refractivity contribution in [3.8, 4) is 5.75 Å². The average Bonchev–Trinajstić information content (AvgIpc) is 2.74. The number of hydrogen-bond donors (Lipinski definition) is 2. The van der Waals surface area contributed by atoms with Gasteiger partial charge in [0, 0.05) is 17.1 Å². The number of benzene rings is 1. The molecule has 0 saturated carbocycles. The normalized spacial score (nSPS) is 10.7. The van der Waals surface area contributed by atoms with Crippen molar-refractivity contribution >= 4 is 22.7 Å². The summed E-state index contributed by atoms with van der Waals surface area (Å²) < 4.78 is 0. The molecule has 1 aromatic carbocycles. The lowest BCUT2D eigenvalue weighted by Crippen LogP contribution is -1.89. The molecule has 0 saturated heterocycles. The zero-order valence-corrected chi connectivity index (χ0v) is 8.61. The first kappa shape index (κ1) is 9.67. The maximum Gasteiger partial charge on any atom is 0.203 e. The van der Waals surface area contributed by atoms with Crippen molar-refractivity contribution in [3.63, 3.8) is 0 Å². The summed E-state index contributed by atoms with van der Waals surface area (Å²) in [5.74, 6) is 0.210. The van der Waals surface area contributed by atoms with Gasteiger partial charge in [-0.25, -0.2) is 4.98 Å². The van der Waals surface area contributed by atoms with Gasteiger partial charge in [0.1, 0.15) is 5.75 Å². The minimum atomic E-state index is 0.210. The summed E-state index contributed by atoms with van der Waals surface area (Å²) in [5, 5.41) is 16.0. The van der Waals surface area contributed by atoms with Crippen molar-refractivity contribution in [2.45, 2.75) is 0 Å². The third-order valence-corrected chi connectivity index (χ3v) is 2.41. The number of hydrazone groups is 1. The van der Waals surface area contributed by atoms with Crippen LogP contribution in [0.1, 0.15) is 5.56 Å². The second-order valence-electron chi connectivity index (χ2n) is 2.77. The Morgan fingerprint density at radius 2 is 2.27 bits per heavy atom. The van der Waals surface area contributed by atoms with E-state index in [9.17, 15) is 5.11 Å². The Hall–Kier alpha value is -1.88. The number of rotatable bonds is 3. The summed E-state index contributed by atoms with van der Waals surface area (Å²) in [6, 6.07) is 7.00. The molecule has 0 amide bonds. The maximum absolute atomic E-state index is 9.44. The van der Waals surface area contributed by atoms with Crippen LogP contribution < -0.4 is 5.43 Å². The van der Waals surface area contributed by atoms with Crippen LogP contribution in [0.25, 0.3) is 0 Å². The third kappa shape index (κ3) is 2.54. The van der Waals surface area contributed by atoms with Crippen LogP contribution in [-0.4, -0.2) is 16.3 Å². The smallest absolute Gasteiger partial charge is 0.203 e. The van der Waals surface area contributed by atoms with Crippen molar-refractivity contribution in [2.24, 2.45) is 5.10 Å². The summed E-state index contributed by atoms with van der Waals surface area (Å²) in [6.07, 6.45) is 3.25. The summed E-state index contributed by atoms with van der Waals surface area (Å²) >= 11 is 1.46. The van der Waals surface area contributed by atoms with Gasteiger partial charge in [-0.3, -0.25) is 5.43 Å². The van der Waals surface area contributed by atoms with Crippen molar-refractivity contribution in [1.29, 1.82) is 0 Å². The fraction of sp³-hybridized carbons (Fsp3) is 0. The van der Waals surface area contributed by atoms with Gasteiger partial charge in [-0.1, -0.05) is 12.1 Å². The first-order chi connectivity index (χ1) is 7.36. The zero-order valence-electron chi connectivity index (χ0n) is 7.79. The number of hydrogen-bond acceptors (Lipinski definition) is 5. The van der Waals surface area contributed by atoms with Crippen molar-refractivity contribution in [2.75, 3.05) is 5.43 Å². The highest BCUT2D eigenvalue weighted by atomic mass is 32.1. The molecule has 0 aliphatic carbocycles. The number of thiazole rings is 1. The Balaban J connectivity index is 2.03. The largest absolute Gasteiger partial charge is 0.507 e. The molecule has 2 N–H and O–H groups in total. The molecule has 5 heteroatoms. The van der Waals surface area contributed by atoms with E-state index in [1.54, 1.807) is 30.6 Å². The Kier molecular flexibility index (Phi) is 2.94. The minimum Gasteiger partial charge on any atom is -0.507 e. The minimum absolute atomic E-state index is 0.210. The molecule has 1 aromatic heterocycles. The summed E-state index contributed by atoms with van der Waals surface area (Å²) in [4.78, 5) is 4.00. The Bertz CT molecular complexity index is 453. The molecule has 15 heavy (non-hydrogen) atoms. The summed E-state index contributed by atoms with van der Waals surface area (Å²) in [6.45, 7) is 0. The fourth-order valence-electron chi connectivity index (χ4n) is 1.03. The van der Waals surface area contributed by atoms with Gasteiger partial charge >= 0.3 is 0 Å². The molecule has 0 spiro atoms. The maximum atomic E-state index is 9.44. The molecule has 0 bridgehead atoms. The van der Waals surface area contributed by atoms with E-state index in [2.05, 4.69) is 15.5 Å². The van der Waals surface area contributed by atoms with Gasteiger partial charge in [-0.2, -0.15) is 5.10 Å². The van der Waals surface area contributed by atoms with Crippen LogP contribution in [0.3, 0.4) is 0 Å². The predicted molar refractivity (Wildman–Crippen MR) is 61.4 cm³/mol. The van der Waals surface area contributed by atoms with E-state index in [1.807, 2.05) is 11.4 Å². The van der Waals surface area contributed by atoms with Gasteiger partial charge < -0.3 is 5.11 Å². The molecule has 1 heterocycles. The molecule has 2 rings (SSSR count). The lowest BCUT2D eigenvalue weighted by Gasteiger charge is -1.96. The monoisotopic (exact) mass is 219 g/mol. The van der Waals surface area contributed by atoms with Crippen molar-refractivity contribution in [1.82, 2.24) is 4.98 Å². The molecule has 0 aliphatic rings. The highest BCUT2D eigenvalue weighted by Gasteiger charge is 1.94. The van der Waals surface area contributed by atoms with Crippen LogP contribution in [0, 0.1) is 0 Å². The fourth-order valence-corrected chi connectivity index (χ4v) is 1.51. The predicted octanol–water partition coefficient (Wildman–Crippen LogP) is 2.29. The van der Waals surface area contributed by atoms with E-state index in [-0.39, 0.29) is 5.75 Å². The first-order valence-electron chi connectivity index (χ1n) is 4.33. The molecule has 0 unspecified atom stereocenters. The summed E-state index contributed by atoms with van der Waals surface area (Å²) in [5.41, 5.74) is 3.43. The van der Waals surface area contributed by atoms with Gasteiger partial charge in [-0.15, -0.1) is 11.3 Å². The van der Waals surface area contributed by atoms with E-state index in [1.165, 1.54) is 11.3 Å². The standard InChI is InChI=1S/C10H9N3OS/c14-9-4-2-1-3-8(9)7-12-13-10-11-5-6-15-10/h1-7,14H,(H,11,13)/b12-7-. The molecule has 0 radical (unpaired) electrons. The van der Waals surface area contributed by atoms with Crippen LogP contribution in [0.15, 0.2) is 40.9 Å². The number of nitrogens with one attached hydrogen (secondary N) is 1. The SMILES string of the molecule is Oc1ccccc1/C=N\Nc1nccs1. The van der Waals surface area contributed by atoms with Gasteiger partial charge in [-0.05, 0) is 12.1 Å². The first-order valence-corrected chi connectivity index (χ1v) is 5.21. The van der Waals surface area contributed by atoms with E-state index in [4.69, 9.17) is 0 Å². The molecule has 0 aliphatic heterocycles. The highest BCUT2D eigenvalue weighted by molar-refractivity contribution is 7.13. The number of phenolic OH excluding ortho intramolecular Hbond substituents is 1. The number of aromatic nitrogens is 1. The van der Waals surface area contributed by atoms with E-state index in [0.717, 1.165) is 5.13 Å². The highest BCUT2D eigenvalue weighted by Crippen LogP contribution is 2.13. The second kappa shape index (κ2) is 4.56. The lowest BCUT2D eigenvalue weighted by atomic mass is 10.2. The number of para-hydroxylation sites is 1. The van der Waals surface area contributed by atoms with Gasteiger partial charge in [0.2, 0.25) is 5.13 Å². The second-order valence-corrected chi connectivity index (χ2v) is 3.66. The molecule has 2 aromatic rings. The van der Waals surface area contributed by atoms with Gasteiger partial charge in [0.05, 0.1) is 6.21 Å². The van der Waals surface area contributed by atoms with Crippen LogP contribution in [0.2, 0.25) is 0 Å². The van der Waals surface area contributed by atoms with Crippen LogP contribution in [-0.2, 0) is 0 Å². The lowest BCUT2D eigenvalue weighted by molar-refractivity contribution is 0.474. The molecular weight excluding hydrogens is 210 g/mol. The van der Waals surface area contributed by atoms with E-state index in [0.29, 0.717) is 5.56 Å². The molecule has 0 atom stereocenters. The Morgan fingerprint density at radius 3 is 3.00 bits per heavy atom. The Morgan fingerprint density at radius 1 is 1.40 bits per heavy atom. The molecule has 0 fully saturated rings. The van der Waals surface area contributed by atoms with Crippen LogP contribution in [0.5, 0.6) is 5.75 Å². The molecular formula is C10H9N3OS.